The zero-order chi connectivity index (χ0) is 19.5. The molecule has 0 spiro atoms. The summed E-state index contributed by atoms with van der Waals surface area (Å²) in [5.74, 6) is 0.465. The molecule has 142 valence electrons. The molecular formula is C20H20ClN7. The summed E-state index contributed by atoms with van der Waals surface area (Å²) in [5.41, 5.74) is 3.09. The van der Waals surface area contributed by atoms with Crippen molar-refractivity contribution < 1.29 is 0 Å². The second-order valence-electron chi connectivity index (χ2n) is 6.97. The van der Waals surface area contributed by atoms with Gasteiger partial charge >= 0.3 is 0 Å². The fourth-order valence-corrected chi connectivity index (χ4v) is 3.52. The fraction of sp³-hybridized carbons (Fsp3) is 0.300. The number of hydrogen-bond acceptors (Lipinski definition) is 6. The van der Waals surface area contributed by atoms with Gasteiger partial charge in [0, 0.05) is 35.4 Å². The molecule has 0 atom stereocenters. The zero-order valence-corrected chi connectivity index (χ0v) is 16.3. The van der Waals surface area contributed by atoms with Gasteiger partial charge in [0.2, 0.25) is 5.95 Å². The largest absolute Gasteiger partial charge is 0.324 e. The molecule has 0 unspecified atom stereocenters. The predicted octanol–water partition coefficient (Wildman–Crippen LogP) is 3.88. The molecule has 1 N–H and O–H groups in total. The van der Waals surface area contributed by atoms with Crippen molar-refractivity contribution in [1.29, 1.82) is 5.26 Å². The van der Waals surface area contributed by atoms with Crippen LogP contribution in [0.3, 0.4) is 0 Å². The van der Waals surface area contributed by atoms with E-state index in [-0.39, 0.29) is 0 Å². The highest BCUT2D eigenvalue weighted by Gasteiger charge is 2.19. The maximum atomic E-state index is 8.95. The second-order valence-corrected chi connectivity index (χ2v) is 7.38. The lowest BCUT2D eigenvalue weighted by Crippen LogP contribution is -2.31. The van der Waals surface area contributed by atoms with Crippen LogP contribution in [-0.2, 0) is 0 Å². The highest BCUT2D eigenvalue weighted by molar-refractivity contribution is 6.32. The third-order valence-electron chi connectivity index (χ3n) is 4.99. The van der Waals surface area contributed by atoms with Crippen LogP contribution in [0, 0.1) is 11.3 Å². The van der Waals surface area contributed by atoms with Crippen LogP contribution in [0.4, 0.5) is 11.6 Å². The summed E-state index contributed by atoms with van der Waals surface area (Å²) in [7, 11) is 2.16. The van der Waals surface area contributed by atoms with Crippen molar-refractivity contribution in [3.63, 3.8) is 0 Å². The Morgan fingerprint density at radius 3 is 2.57 bits per heavy atom. The van der Waals surface area contributed by atoms with Gasteiger partial charge in [-0.3, -0.25) is 4.68 Å². The molecule has 0 aliphatic carbocycles. The van der Waals surface area contributed by atoms with Crippen molar-refractivity contribution in [1.82, 2.24) is 24.6 Å². The lowest BCUT2D eigenvalue weighted by Gasteiger charge is -2.28. The number of rotatable bonds is 4. The molecule has 3 aromatic rings. The van der Waals surface area contributed by atoms with Gasteiger partial charge in [0.25, 0.3) is 0 Å². The Labute approximate surface area is 168 Å². The molecule has 3 heterocycles. The number of nitrogens with one attached hydrogen (secondary N) is 1. The van der Waals surface area contributed by atoms with Crippen LogP contribution in [0.2, 0.25) is 5.02 Å². The second kappa shape index (κ2) is 7.97. The molecule has 0 saturated carbocycles. The normalized spacial score (nSPS) is 15.3. The summed E-state index contributed by atoms with van der Waals surface area (Å²) in [5, 5.41) is 17.0. The van der Waals surface area contributed by atoms with E-state index in [2.05, 4.69) is 43.2 Å². The van der Waals surface area contributed by atoms with E-state index in [9.17, 15) is 0 Å². The number of piperidine rings is 1. The van der Waals surface area contributed by atoms with Gasteiger partial charge in [0.1, 0.15) is 6.07 Å². The number of nitrogens with zero attached hydrogens (tertiary/aromatic N) is 6. The number of likely N-dealkylation sites (tertiary alicyclic amines) is 1. The quantitative estimate of drug-likeness (QED) is 0.724. The van der Waals surface area contributed by atoms with Crippen LogP contribution in [0.15, 0.2) is 43.0 Å². The highest BCUT2D eigenvalue weighted by Crippen LogP contribution is 2.25. The topological polar surface area (TPSA) is 82.7 Å². The molecule has 4 rings (SSSR count). The first kappa shape index (κ1) is 18.4. The van der Waals surface area contributed by atoms with Gasteiger partial charge in [-0.05, 0) is 51.2 Å². The van der Waals surface area contributed by atoms with E-state index in [4.69, 9.17) is 16.9 Å². The van der Waals surface area contributed by atoms with Gasteiger partial charge in [-0.25, -0.2) is 9.97 Å². The molecule has 2 aromatic heterocycles. The Morgan fingerprint density at radius 1 is 1.14 bits per heavy atom. The van der Waals surface area contributed by atoms with Crippen molar-refractivity contribution in [2.75, 3.05) is 25.5 Å². The first-order valence-electron chi connectivity index (χ1n) is 9.14. The van der Waals surface area contributed by atoms with E-state index in [1.54, 1.807) is 30.6 Å². The van der Waals surface area contributed by atoms with Gasteiger partial charge in [-0.2, -0.15) is 10.4 Å². The summed E-state index contributed by atoms with van der Waals surface area (Å²) in [6.07, 6.45) is 9.72. The Hall–Kier alpha value is -2.95. The van der Waals surface area contributed by atoms with Gasteiger partial charge in [0.15, 0.2) is 0 Å². The molecule has 28 heavy (non-hydrogen) atoms. The Bertz CT molecular complexity index is 998. The summed E-state index contributed by atoms with van der Waals surface area (Å²) in [6, 6.07) is 7.61. The lowest BCUT2D eigenvalue weighted by atomic mass is 10.1. The molecule has 1 aliphatic heterocycles. The van der Waals surface area contributed by atoms with Crippen molar-refractivity contribution in [3.05, 3.63) is 53.6 Å². The average Bonchev–Trinajstić information content (AvgIpc) is 3.19. The van der Waals surface area contributed by atoms with E-state index in [1.807, 2.05) is 12.3 Å². The molecule has 7 nitrogen and oxygen atoms in total. The fourth-order valence-electron chi connectivity index (χ4n) is 3.30. The molecule has 1 fully saturated rings. The molecule has 1 aliphatic rings. The van der Waals surface area contributed by atoms with Crippen molar-refractivity contribution >= 4 is 23.2 Å². The minimum absolute atomic E-state index is 0.394. The molecule has 0 bridgehead atoms. The summed E-state index contributed by atoms with van der Waals surface area (Å²) in [6.45, 7) is 2.20. The van der Waals surface area contributed by atoms with Gasteiger partial charge in [-0.15, -0.1) is 0 Å². The average molecular weight is 394 g/mol. The standard InChI is InChI=1S/C20H20ClN7/c1-27-6-4-18(5-7-27)28-13-16(12-25-28)15-10-23-20(24-11-15)26-17-3-2-14(9-22)19(21)8-17/h2-3,8,10-13,18H,4-7H2,1H3,(H,23,24,26). The number of anilines is 2. The predicted molar refractivity (Wildman–Crippen MR) is 108 cm³/mol. The third-order valence-corrected chi connectivity index (χ3v) is 5.31. The van der Waals surface area contributed by atoms with E-state index in [1.165, 1.54) is 0 Å². The molecule has 0 amide bonds. The maximum absolute atomic E-state index is 8.95. The molecule has 1 aromatic carbocycles. The zero-order valence-electron chi connectivity index (χ0n) is 15.5. The Balaban J connectivity index is 1.45. The minimum atomic E-state index is 0.394. The highest BCUT2D eigenvalue weighted by atomic mass is 35.5. The molecule has 1 saturated heterocycles. The van der Waals surface area contributed by atoms with Crippen LogP contribution in [0.1, 0.15) is 24.4 Å². The van der Waals surface area contributed by atoms with Crippen LogP contribution in [0.25, 0.3) is 11.1 Å². The minimum Gasteiger partial charge on any atom is -0.324 e. The molecule has 0 radical (unpaired) electrons. The molecule has 8 heteroatoms. The molecular weight excluding hydrogens is 374 g/mol. The van der Waals surface area contributed by atoms with Crippen molar-refractivity contribution in [2.45, 2.75) is 18.9 Å². The number of nitriles is 1. The smallest absolute Gasteiger partial charge is 0.227 e. The van der Waals surface area contributed by atoms with E-state index >= 15 is 0 Å². The first-order valence-corrected chi connectivity index (χ1v) is 9.52. The number of hydrogen-bond donors (Lipinski definition) is 1. The van der Waals surface area contributed by atoms with E-state index in [0.717, 1.165) is 42.7 Å². The van der Waals surface area contributed by atoms with Gasteiger partial charge < -0.3 is 10.2 Å². The van der Waals surface area contributed by atoms with Gasteiger partial charge in [0.05, 0.1) is 22.8 Å². The van der Waals surface area contributed by atoms with E-state index in [0.29, 0.717) is 22.6 Å². The van der Waals surface area contributed by atoms with Crippen LogP contribution >= 0.6 is 11.6 Å². The lowest BCUT2D eigenvalue weighted by molar-refractivity contribution is 0.212. The summed E-state index contributed by atoms with van der Waals surface area (Å²) >= 11 is 6.06. The van der Waals surface area contributed by atoms with Crippen LogP contribution in [0.5, 0.6) is 0 Å². The maximum Gasteiger partial charge on any atom is 0.227 e. The van der Waals surface area contributed by atoms with Crippen molar-refractivity contribution in [2.24, 2.45) is 0 Å². The Kier molecular flexibility index (Phi) is 5.24. The van der Waals surface area contributed by atoms with Crippen molar-refractivity contribution in [3.8, 4) is 17.2 Å². The number of benzene rings is 1. The summed E-state index contributed by atoms with van der Waals surface area (Å²) in [4.78, 5) is 11.1. The SMILES string of the molecule is CN1CCC(n2cc(-c3cnc(Nc4ccc(C#N)c(Cl)c4)nc3)cn2)CC1. The third kappa shape index (κ3) is 3.98. The van der Waals surface area contributed by atoms with Gasteiger partial charge in [-0.1, -0.05) is 11.6 Å². The first-order chi connectivity index (χ1) is 13.6. The Morgan fingerprint density at radius 2 is 1.89 bits per heavy atom. The number of aromatic nitrogens is 4. The monoisotopic (exact) mass is 393 g/mol. The van der Waals surface area contributed by atoms with Crippen LogP contribution in [-0.4, -0.2) is 44.8 Å². The number of halogens is 1. The van der Waals surface area contributed by atoms with Crippen LogP contribution < -0.4 is 5.32 Å². The van der Waals surface area contributed by atoms with E-state index < -0.39 is 0 Å². The summed E-state index contributed by atoms with van der Waals surface area (Å²) < 4.78 is 2.06.